The molecule has 4 rings (SSSR count). The zero-order valence-corrected chi connectivity index (χ0v) is 19.3. The highest BCUT2D eigenvalue weighted by atomic mass is 19.4. The zero-order valence-electron chi connectivity index (χ0n) is 19.3. The minimum Gasteiger partial charge on any atom is -0.464 e. The van der Waals surface area contributed by atoms with E-state index >= 15 is 0 Å². The first-order valence-electron chi connectivity index (χ1n) is 10.8. The van der Waals surface area contributed by atoms with Crippen LogP contribution in [0.1, 0.15) is 66.2 Å². The molecule has 1 N–H and O–H groups in total. The van der Waals surface area contributed by atoms with Gasteiger partial charge in [-0.3, -0.25) is 4.79 Å². The molecule has 3 aromatic rings. The van der Waals surface area contributed by atoms with Crippen LogP contribution in [0.25, 0.3) is 5.65 Å². The number of aromatic nitrogens is 3. The van der Waals surface area contributed by atoms with Crippen LogP contribution in [0.4, 0.5) is 13.2 Å². The molecule has 1 atom stereocenters. The van der Waals surface area contributed by atoms with Crippen molar-refractivity contribution in [3.05, 3.63) is 76.3 Å². The second-order valence-corrected chi connectivity index (χ2v) is 8.07. The first-order valence-corrected chi connectivity index (χ1v) is 10.8. The Morgan fingerprint density at radius 1 is 1.25 bits per heavy atom. The minimum absolute atomic E-state index is 0.0749. The SMILES string of the molecule is C=CCOC(=O)c1ccc2c(c1C)CC[C@@H]2NC(=O)c1cc(C(=O)OC)nc2cc(C(F)(F)F)nn12. The van der Waals surface area contributed by atoms with Crippen molar-refractivity contribution in [2.24, 2.45) is 0 Å². The van der Waals surface area contributed by atoms with Crippen molar-refractivity contribution in [3.63, 3.8) is 0 Å². The van der Waals surface area contributed by atoms with Crippen LogP contribution in [0.2, 0.25) is 0 Å². The molecule has 12 heteroatoms. The summed E-state index contributed by atoms with van der Waals surface area (Å²) in [7, 11) is 1.09. The fourth-order valence-electron chi connectivity index (χ4n) is 4.18. The van der Waals surface area contributed by atoms with E-state index in [2.05, 4.69) is 26.7 Å². The van der Waals surface area contributed by atoms with E-state index in [-0.39, 0.29) is 23.6 Å². The average molecular weight is 502 g/mol. The van der Waals surface area contributed by atoms with Crippen molar-refractivity contribution in [1.29, 1.82) is 0 Å². The lowest BCUT2D eigenvalue weighted by molar-refractivity contribution is -0.141. The number of methoxy groups -OCH3 is 1. The summed E-state index contributed by atoms with van der Waals surface area (Å²) in [6.45, 7) is 5.37. The number of nitrogens with one attached hydrogen (secondary N) is 1. The van der Waals surface area contributed by atoms with Crippen LogP contribution in [0.5, 0.6) is 0 Å². The fourth-order valence-corrected chi connectivity index (χ4v) is 4.18. The molecular formula is C24H21F3N4O5. The highest BCUT2D eigenvalue weighted by molar-refractivity contribution is 5.97. The third-order valence-electron chi connectivity index (χ3n) is 5.90. The predicted octanol–water partition coefficient (Wildman–Crippen LogP) is 3.60. The van der Waals surface area contributed by atoms with Crippen LogP contribution in [-0.4, -0.2) is 46.2 Å². The number of nitrogens with zero attached hydrogens (tertiary/aromatic N) is 3. The maximum Gasteiger partial charge on any atom is 0.435 e. The first kappa shape index (κ1) is 24.9. The van der Waals surface area contributed by atoms with E-state index in [1.54, 1.807) is 19.1 Å². The number of fused-ring (bicyclic) bond motifs is 2. The molecular weight excluding hydrogens is 481 g/mol. The van der Waals surface area contributed by atoms with Gasteiger partial charge in [0.1, 0.15) is 12.3 Å². The van der Waals surface area contributed by atoms with E-state index in [4.69, 9.17) is 4.74 Å². The molecule has 0 unspecified atom stereocenters. The van der Waals surface area contributed by atoms with Crippen LogP contribution in [0.15, 0.2) is 36.9 Å². The quantitative estimate of drug-likeness (QED) is 0.405. The maximum atomic E-state index is 13.2. The molecule has 1 amide bonds. The van der Waals surface area contributed by atoms with Gasteiger partial charge < -0.3 is 14.8 Å². The van der Waals surface area contributed by atoms with E-state index in [9.17, 15) is 27.6 Å². The largest absolute Gasteiger partial charge is 0.464 e. The molecule has 0 spiro atoms. The summed E-state index contributed by atoms with van der Waals surface area (Å²) >= 11 is 0. The molecule has 0 saturated carbocycles. The molecule has 0 saturated heterocycles. The number of benzene rings is 1. The number of carbonyl (C=O) groups is 3. The van der Waals surface area contributed by atoms with Gasteiger partial charge >= 0.3 is 18.1 Å². The van der Waals surface area contributed by atoms with Gasteiger partial charge in [-0.25, -0.2) is 19.1 Å². The van der Waals surface area contributed by atoms with Gasteiger partial charge in [-0.15, -0.1) is 0 Å². The van der Waals surface area contributed by atoms with E-state index in [1.807, 2.05) is 0 Å². The molecule has 1 aliphatic carbocycles. The van der Waals surface area contributed by atoms with Crippen LogP contribution in [0, 0.1) is 6.92 Å². The van der Waals surface area contributed by atoms with Crippen molar-refractivity contribution >= 4 is 23.5 Å². The number of amides is 1. The Balaban J connectivity index is 1.67. The highest BCUT2D eigenvalue weighted by Gasteiger charge is 2.36. The average Bonchev–Trinajstić information content (AvgIpc) is 3.46. The number of hydrogen-bond donors (Lipinski definition) is 1. The molecule has 0 aliphatic heterocycles. The van der Waals surface area contributed by atoms with Gasteiger partial charge in [-0.05, 0) is 42.5 Å². The van der Waals surface area contributed by atoms with Gasteiger partial charge in [0.2, 0.25) is 0 Å². The highest BCUT2D eigenvalue weighted by Crippen LogP contribution is 2.35. The lowest BCUT2D eigenvalue weighted by atomic mass is 9.98. The van der Waals surface area contributed by atoms with E-state index < -0.39 is 35.8 Å². The van der Waals surface area contributed by atoms with Crippen LogP contribution >= 0.6 is 0 Å². The van der Waals surface area contributed by atoms with E-state index in [1.165, 1.54) is 6.08 Å². The normalized spacial score (nSPS) is 14.9. The summed E-state index contributed by atoms with van der Waals surface area (Å²) in [6, 6.07) is 4.51. The van der Waals surface area contributed by atoms with Gasteiger partial charge in [0.15, 0.2) is 17.0 Å². The number of halogens is 3. The van der Waals surface area contributed by atoms with Crippen LogP contribution in [-0.2, 0) is 22.1 Å². The molecule has 1 aromatic carbocycles. The van der Waals surface area contributed by atoms with Crippen molar-refractivity contribution in [3.8, 4) is 0 Å². The number of hydrogen-bond acceptors (Lipinski definition) is 7. The second-order valence-electron chi connectivity index (χ2n) is 8.07. The number of rotatable bonds is 6. The van der Waals surface area contributed by atoms with Gasteiger partial charge in [0.05, 0.1) is 18.7 Å². The molecule has 36 heavy (non-hydrogen) atoms. The van der Waals surface area contributed by atoms with Gasteiger partial charge in [0.25, 0.3) is 5.91 Å². The predicted molar refractivity (Wildman–Crippen MR) is 120 cm³/mol. The van der Waals surface area contributed by atoms with Crippen molar-refractivity contribution in [2.75, 3.05) is 13.7 Å². The molecule has 2 aromatic heterocycles. The Morgan fingerprint density at radius 3 is 2.67 bits per heavy atom. The fraction of sp³-hybridized carbons (Fsp3) is 0.292. The third-order valence-corrected chi connectivity index (χ3v) is 5.90. The molecule has 1 aliphatic rings. The standard InChI is InChI=1S/C24H21F3N4O5/c1-4-9-36-22(33)14-5-6-15-13(12(14)2)7-8-16(15)29-21(32)18-10-17(23(34)35-3)28-20-11-19(24(25,26)27)30-31(18)20/h4-6,10-11,16H,1,7-9H2,2-3H3,(H,29,32)/t16-/m0/s1. The van der Waals surface area contributed by atoms with Gasteiger partial charge in [-0.2, -0.15) is 18.3 Å². The van der Waals surface area contributed by atoms with Gasteiger partial charge in [0, 0.05) is 12.1 Å². The Bertz CT molecular complexity index is 1400. The van der Waals surface area contributed by atoms with Crippen molar-refractivity contribution in [2.45, 2.75) is 32.0 Å². The first-order chi connectivity index (χ1) is 17.0. The molecule has 0 radical (unpaired) electrons. The summed E-state index contributed by atoms with van der Waals surface area (Å²) in [4.78, 5) is 41.4. The number of esters is 2. The van der Waals surface area contributed by atoms with E-state index in [0.29, 0.717) is 24.5 Å². The monoisotopic (exact) mass is 502 g/mol. The molecule has 2 heterocycles. The molecule has 0 bridgehead atoms. The summed E-state index contributed by atoms with van der Waals surface area (Å²) < 4.78 is 50.2. The lowest BCUT2D eigenvalue weighted by Gasteiger charge is -2.16. The van der Waals surface area contributed by atoms with Crippen LogP contribution in [0.3, 0.4) is 0 Å². The number of ether oxygens (including phenoxy) is 2. The molecule has 0 fully saturated rings. The zero-order chi connectivity index (χ0) is 26.2. The van der Waals surface area contributed by atoms with Gasteiger partial charge in [-0.1, -0.05) is 18.7 Å². The third kappa shape index (κ3) is 4.53. The van der Waals surface area contributed by atoms with Crippen molar-refractivity contribution < 1.29 is 37.0 Å². The second kappa shape index (κ2) is 9.44. The summed E-state index contributed by atoms with van der Waals surface area (Å²) in [5.41, 5.74) is 0.527. The maximum absolute atomic E-state index is 13.2. The van der Waals surface area contributed by atoms with Crippen LogP contribution < -0.4 is 5.32 Å². The summed E-state index contributed by atoms with van der Waals surface area (Å²) in [5, 5.41) is 6.27. The number of alkyl halides is 3. The molecule has 188 valence electrons. The number of carbonyl (C=O) groups excluding carboxylic acids is 3. The molecule has 9 nitrogen and oxygen atoms in total. The Morgan fingerprint density at radius 2 is 2.00 bits per heavy atom. The smallest absolute Gasteiger partial charge is 0.435 e. The Hall–Kier alpha value is -4.22. The Kier molecular flexibility index (Phi) is 6.53. The summed E-state index contributed by atoms with van der Waals surface area (Å²) in [5.74, 6) is -2.16. The minimum atomic E-state index is -4.78. The lowest BCUT2D eigenvalue weighted by Crippen LogP contribution is -2.29. The topological polar surface area (TPSA) is 112 Å². The Labute approximate surface area is 202 Å². The summed E-state index contributed by atoms with van der Waals surface area (Å²) in [6.07, 6.45) is -2.25. The van der Waals surface area contributed by atoms with E-state index in [0.717, 1.165) is 34.4 Å². The van der Waals surface area contributed by atoms with Crippen molar-refractivity contribution in [1.82, 2.24) is 19.9 Å².